The Hall–Kier alpha value is -1.88. The van der Waals surface area contributed by atoms with Gasteiger partial charge in [0, 0.05) is 13.1 Å². The van der Waals surface area contributed by atoms with Gasteiger partial charge in [-0.2, -0.15) is 0 Å². The molecule has 3 rings (SSSR count). The molecule has 0 amide bonds. The van der Waals surface area contributed by atoms with Gasteiger partial charge in [0.2, 0.25) is 0 Å². The highest BCUT2D eigenvalue weighted by Crippen LogP contribution is 2.41. The maximum absolute atomic E-state index is 5.45. The van der Waals surface area contributed by atoms with Crippen LogP contribution < -0.4 is 10.1 Å². The number of aromatic nitrogens is 3. The summed E-state index contributed by atoms with van der Waals surface area (Å²) >= 11 is 0. The first-order valence-corrected chi connectivity index (χ1v) is 7.42. The van der Waals surface area contributed by atoms with Crippen LogP contribution >= 0.6 is 0 Å². The van der Waals surface area contributed by atoms with Crippen LogP contribution in [0.15, 0.2) is 30.6 Å². The Morgan fingerprint density at radius 3 is 2.76 bits per heavy atom. The van der Waals surface area contributed by atoms with Gasteiger partial charge >= 0.3 is 0 Å². The average molecular weight is 286 g/mol. The molecule has 1 unspecified atom stereocenters. The molecule has 0 aliphatic heterocycles. The van der Waals surface area contributed by atoms with E-state index in [0.717, 1.165) is 24.4 Å². The van der Waals surface area contributed by atoms with E-state index in [-0.39, 0.29) is 6.04 Å². The second-order valence-electron chi connectivity index (χ2n) is 5.80. The molecule has 5 nitrogen and oxygen atoms in total. The van der Waals surface area contributed by atoms with Gasteiger partial charge in [-0.3, -0.25) is 0 Å². The quantitative estimate of drug-likeness (QED) is 0.917. The zero-order valence-corrected chi connectivity index (χ0v) is 12.8. The molecule has 1 aliphatic carbocycles. The lowest BCUT2D eigenvalue weighted by Gasteiger charge is -2.38. The molecule has 1 fully saturated rings. The van der Waals surface area contributed by atoms with E-state index in [2.05, 4.69) is 34.6 Å². The Morgan fingerprint density at radius 1 is 1.33 bits per heavy atom. The van der Waals surface area contributed by atoms with E-state index in [1.165, 1.54) is 5.56 Å². The van der Waals surface area contributed by atoms with Crippen LogP contribution in [0.4, 0.5) is 0 Å². The van der Waals surface area contributed by atoms with Crippen LogP contribution in [0, 0.1) is 0 Å². The Morgan fingerprint density at radius 2 is 2.10 bits per heavy atom. The van der Waals surface area contributed by atoms with Crippen molar-refractivity contribution < 1.29 is 4.74 Å². The predicted molar refractivity (Wildman–Crippen MR) is 81.3 cm³/mol. The third kappa shape index (κ3) is 2.78. The Labute approximate surface area is 125 Å². The SMILES string of the molecule is COc1ccccc1C1CC(NC(C)c2nncn2C)C1. The number of ether oxygens (including phenoxy) is 1. The molecule has 5 heteroatoms. The van der Waals surface area contributed by atoms with Crippen molar-refractivity contribution in [2.45, 2.75) is 37.8 Å². The first-order valence-electron chi connectivity index (χ1n) is 7.42. The summed E-state index contributed by atoms with van der Waals surface area (Å²) < 4.78 is 7.42. The summed E-state index contributed by atoms with van der Waals surface area (Å²) in [6.45, 7) is 2.14. The van der Waals surface area contributed by atoms with Gasteiger partial charge in [0.1, 0.15) is 17.9 Å². The van der Waals surface area contributed by atoms with Crippen molar-refractivity contribution in [1.82, 2.24) is 20.1 Å². The van der Waals surface area contributed by atoms with E-state index in [1.54, 1.807) is 13.4 Å². The first kappa shape index (κ1) is 14.1. The molecule has 1 N–H and O–H groups in total. The smallest absolute Gasteiger partial charge is 0.149 e. The van der Waals surface area contributed by atoms with Crippen LogP contribution in [-0.4, -0.2) is 27.9 Å². The molecule has 1 aromatic carbocycles. The Balaban J connectivity index is 1.58. The number of hydrogen-bond acceptors (Lipinski definition) is 4. The van der Waals surface area contributed by atoms with E-state index < -0.39 is 0 Å². The summed E-state index contributed by atoms with van der Waals surface area (Å²) in [5.41, 5.74) is 1.32. The number of nitrogens with one attached hydrogen (secondary N) is 1. The highest BCUT2D eigenvalue weighted by Gasteiger charge is 2.33. The van der Waals surface area contributed by atoms with Crippen LogP contribution in [0.1, 0.15) is 43.1 Å². The molecule has 0 radical (unpaired) electrons. The monoisotopic (exact) mass is 286 g/mol. The molecule has 1 heterocycles. The van der Waals surface area contributed by atoms with Crippen molar-refractivity contribution in [1.29, 1.82) is 0 Å². The summed E-state index contributed by atoms with van der Waals surface area (Å²) in [6, 6.07) is 9.07. The zero-order valence-electron chi connectivity index (χ0n) is 12.8. The van der Waals surface area contributed by atoms with Crippen LogP contribution in [-0.2, 0) is 7.05 Å². The lowest BCUT2D eigenvalue weighted by molar-refractivity contribution is 0.260. The minimum Gasteiger partial charge on any atom is -0.496 e. The third-order valence-corrected chi connectivity index (χ3v) is 4.34. The average Bonchev–Trinajstić information content (AvgIpc) is 2.88. The molecule has 0 spiro atoms. The van der Waals surface area contributed by atoms with E-state index in [9.17, 15) is 0 Å². The van der Waals surface area contributed by atoms with Crippen LogP contribution in [0.3, 0.4) is 0 Å². The summed E-state index contributed by atoms with van der Waals surface area (Å²) in [5, 5.41) is 11.7. The van der Waals surface area contributed by atoms with E-state index in [1.807, 2.05) is 23.7 Å². The zero-order chi connectivity index (χ0) is 14.8. The normalized spacial score (nSPS) is 22.6. The van der Waals surface area contributed by atoms with Crippen molar-refractivity contribution in [3.05, 3.63) is 42.0 Å². The van der Waals surface area contributed by atoms with Gasteiger partial charge in [0.05, 0.1) is 13.2 Å². The van der Waals surface area contributed by atoms with Crippen molar-refractivity contribution in [2.75, 3.05) is 7.11 Å². The molecule has 0 bridgehead atoms. The molecular formula is C16H22N4O. The van der Waals surface area contributed by atoms with E-state index in [0.29, 0.717) is 12.0 Å². The fourth-order valence-corrected chi connectivity index (χ4v) is 3.12. The summed E-state index contributed by atoms with van der Waals surface area (Å²) in [7, 11) is 3.72. The second-order valence-corrected chi connectivity index (χ2v) is 5.80. The Kier molecular flexibility index (Phi) is 3.92. The molecule has 112 valence electrons. The van der Waals surface area contributed by atoms with Gasteiger partial charge in [-0.05, 0) is 37.3 Å². The van der Waals surface area contributed by atoms with E-state index >= 15 is 0 Å². The highest BCUT2D eigenvalue weighted by atomic mass is 16.5. The topological polar surface area (TPSA) is 52.0 Å². The number of aryl methyl sites for hydroxylation is 1. The number of benzene rings is 1. The molecule has 1 saturated carbocycles. The maximum atomic E-state index is 5.45. The summed E-state index contributed by atoms with van der Waals surface area (Å²) in [4.78, 5) is 0. The Bertz CT molecular complexity index is 604. The van der Waals surface area contributed by atoms with Gasteiger partial charge < -0.3 is 14.6 Å². The minimum absolute atomic E-state index is 0.223. The third-order valence-electron chi connectivity index (χ3n) is 4.34. The lowest BCUT2D eigenvalue weighted by atomic mass is 9.75. The molecule has 1 aliphatic rings. The molecule has 21 heavy (non-hydrogen) atoms. The van der Waals surface area contributed by atoms with Crippen molar-refractivity contribution in [2.24, 2.45) is 7.05 Å². The molecule has 0 saturated heterocycles. The van der Waals surface area contributed by atoms with Gasteiger partial charge in [0.25, 0.3) is 0 Å². The molecule has 1 atom stereocenters. The van der Waals surface area contributed by atoms with Crippen molar-refractivity contribution >= 4 is 0 Å². The largest absolute Gasteiger partial charge is 0.496 e. The number of nitrogens with zero attached hydrogens (tertiary/aromatic N) is 3. The van der Waals surface area contributed by atoms with E-state index in [4.69, 9.17) is 4.74 Å². The highest BCUT2D eigenvalue weighted by molar-refractivity contribution is 5.37. The van der Waals surface area contributed by atoms with Gasteiger partial charge in [-0.1, -0.05) is 18.2 Å². The fraction of sp³-hybridized carbons (Fsp3) is 0.500. The number of rotatable bonds is 5. The fourth-order valence-electron chi connectivity index (χ4n) is 3.12. The number of methoxy groups -OCH3 is 1. The second kappa shape index (κ2) is 5.85. The maximum Gasteiger partial charge on any atom is 0.149 e. The van der Waals surface area contributed by atoms with Gasteiger partial charge in [-0.25, -0.2) is 0 Å². The van der Waals surface area contributed by atoms with Crippen molar-refractivity contribution in [3.63, 3.8) is 0 Å². The molecular weight excluding hydrogens is 264 g/mol. The van der Waals surface area contributed by atoms with Crippen LogP contribution in [0.2, 0.25) is 0 Å². The number of hydrogen-bond donors (Lipinski definition) is 1. The van der Waals surface area contributed by atoms with Crippen LogP contribution in [0.5, 0.6) is 5.75 Å². The standard InChI is InChI=1S/C16H22N4O/c1-11(16-19-17-10-20(16)2)18-13-8-12(9-13)14-6-4-5-7-15(14)21-3/h4-7,10-13,18H,8-9H2,1-3H3. The first-order chi connectivity index (χ1) is 10.2. The molecule has 2 aromatic rings. The van der Waals surface area contributed by atoms with Gasteiger partial charge in [-0.15, -0.1) is 10.2 Å². The van der Waals surface area contributed by atoms with Crippen LogP contribution in [0.25, 0.3) is 0 Å². The predicted octanol–water partition coefficient (Wildman–Crippen LogP) is 2.42. The number of para-hydroxylation sites is 1. The van der Waals surface area contributed by atoms with Gasteiger partial charge in [0.15, 0.2) is 0 Å². The molecule has 1 aromatic heterocycles. The minimum atomic E-state index is 0.223. The summed E-state index contributed by atoms with van der Waals surface area (Å²) in [5.74, 6) is 2.57. The lowest BCUT2D eigenvalue weighted by Crippen LogP contribution is -2.41. The summed E-state index contributed by atoms with van der Waals surface area (Å²) in [6.07, 6.45) is 4.02. The van der Waals surface area contributed by atoms with Crippen molar-refractivity contribution in [3.8, 4) is 5.75 Å².